The second-order valence-corrected chi connectivity index (χ2v) is 5.35. The molecular weight excluding hydrogens is 284 g/mol. The zero-order valence-corrected chi connectivity index (χ0v) is 13.3. The quantitative estimate of drug-likeness (QED) is 0.913. The number of amides is 2. The van der Waals surface area contributed by atoms with E-state index < -0.39 is 0 Å². The summed E-state index contributed by atoms with van der Waals surface area (Å²) in [5.41, 5.74) is 1.89. The van der Waals surface area contributed by atoms with Crippen molar-refractivity contribution in [2.45, 2.75) is 39.7 Å². The molecule has 0 saturated carbocycles. The zero-order chi connectivity index (χ0) is 16.1. The summed E-state index contributed by atoms with van der Waals surface area (Å²) >= 11 is 0. The molecule has 0 aromatic carbocycles. The van der Waals surface area contributed by atoms with Gasteiger partial charge in [-0.3, -0.25) is 4.79 Å². The van der Waals surface area contributed by atoms with E-state index in [1.165, 1.54) is 6.33 Å². The maximum absolute atomic E-state index is 12.4. The van der Waals surface area contributed by atoms with Crippen LogP contribution in [-0.4, -0.2) is 52.6 Å². The number of aromatic nitrogens is 2. The maximum Gasteiger partial charge on any atom is 0.409 e. The number of hydrogen-bond donors (Lipinski definition) is 1. The van der Waals surface area contributed by atoms with Gasteiger partial charge in [-0.25, -0.2) is 14.8 Å². The van der Waals surface area contributed by atoms with Gasteiger partial charge in [0.25, 0.3) is 5.91 Å². The molecule has 22 heavy (non-hydrogen) atoms. The highest BCUT2D eigenvalue weighted by Crippen LogP contribution is 2.14. The first-order chi connectivity index (χ1) is 10.5. The molecule has 1 fully saturated rings. The lowest BCUT2D eigenvalue weighted by Crippen LogP contribution is -2.47. The molecule has 2 rings (SSSR count). The van der Waals surface area contributed by atoms with Gasteiger partial charge in [0.1, 0.15) is 6.33 Å². The summed E-state index contributed by atoms with van der Waals surface area (Å²) in [5.74, 6) is -0.148. The SMILES string of the molecule is CCOC(=O)N1CCC(NC(=O)c2c(C)ncnc2C)CC1. The number of rotatable bonds is 3. The largest absolute Gasteiger partial charge is 0.450 e. The third-order valence-corrected chi connectivity index (χ3v) is 3.81. The standard InChI is InChI=1S/C15H22N4O3/c1-4-22-15(21)19-7-5-12(6-8-19)18-14(20)13-10(2)16-9-17-11(13)3/h9,12H,4-8H2,1-3H3,(H,18,20). The average molecular weight is 306 g/mol. The smallest absolute Gasteiger partial charge is 0.409 e. The fraction of sp³-hybridized carbons (Fsp3) is 0.600. The molecule has 1 saturated heterocycles. The Kier molecular flexibility index (Phi) is 5.30. The molecule has 7 nitrogen and oxygen atoms in total. The summed E-state index contributed by atoms with van der Waals surface area (Å²) in [6, 6.07) is 0.0529. The lowest BCUT2D eigenvalue weighted by Gasteiger charge is -2.31. The van der Waals surface area contributed by atoms with Crippen molar-refractivity contribution in [1.29, 1.82) is 0 Å². The first kappa shape index (κ1) is 16.2. The van der Waals surface area contributed by atoms with E-state index in [0.29, 0.717) is 36.6 Å². The summed E-state index contributed by atoms with van der Waals surface area (Å²) in [6.07, 6.45) is 2.61. The minimum absolute atomic E-state index is 0.0529. The Morgan fingerprint density at radius 2 is 1.86 bits per heavy atom. The summed E-state index contributed by atoms with van der Waals surface area (Å²) in [5, 5.41) is 3.01. The highest BCUT2D eigenvalue weighted by molar-refractivity contribution is 5.96. The van der Waals surface area contributed by atoms with Crippen LogP contribution in [0.3, 0.4) is 0 Å². The molecule has 1 aromatic heterocycles. The van der Waals surface area contributed by atoms with Crippen molar-refractivity contribution < 1.29 is 14.3 Å². The predicted molar refractivity (Wildman–Crippen MR) is 80.6 cm³/mol. The summed E-state index contributed by atoms with van der Waals surface area (Å²) in [6.45, 7) is 6.94. The second kappa shape index (κ2) is 7.20. The van der Waals surface area contributed by atoms with Gasteiger partial charge in [-0.1, -0.05) is 0 Å². The van der Waals surface area contributed by atoms with Crippen LogP contribution >= 0.6 is 0 Å². The van der Waals surface area contributed by atoms with Gasteiger partial charge in [0, 0.05) is 19.1 Å². The number of piperidine rings is 1. The molecule has 0 unspecified atom stereocenters. The minimum Gasteiger partial charge on any atom is -0.450 e. The van der Waals surface area contributed by atoms with Crippen molar-refractivity contribution in [3.63, 3.8) is 0 Å². The van der Waals surface area contributed by atoms with E-state index in [-0.39, 0.29) is 18.0 Å². The second-order valence-electron chi connectivity index (χ2n) is 5.35. The van der Waals surface area contributed by atoms with Crippen molar-refractivity contribution in [1.82, 2.24) is 20.2 Å². The number of ether oxygens (including phenoxy) is 1. The Balaban J connectivity index is 1.91. The van der Waals surface area contributed by atoms with Gasteiger partial charge in [-0.05, 0) is 33.6 Å². The van der Waals surface area contributed by atoms with Gasteiger partial charge < -0.3 is 15.0 Å². The number of hydrogen-bond acceptors (Lipinski definition) is 5. The van der Waals surface area contributed by atoms with Crippen LogP contribution in [0.15, 0.2) is 6.33 Å². The van der Waals surface area contributed by atoms with Crippen molar-refractivity contribution in [2.24, 2.45) is 0 Å². The molecule has 0 atom stereocenters. The normalized spacial score (nSPS) is 15.5. The predicted octanol–water partition coefficient (Wildman–Crippen LogP) is 1.44. The summed E-state index contributed by atoms with van der Waals surface area (Å²) in [4.78, 5) is 33.8. The molecule has 0 radical (unpaired) electrons. The topological polar surface area (TPSA) is 84.4 Å². The Morgan fingerprint density at radius 3 is 2.41 bits per heavy atom. The first-order valence-electron chi connectivity index (χ1n) is 7.53. The van der Waals surface area contributed by atoms with Gasteiger partial charge in [-0.2, -0.15) is 0 Å². The molecule has 0 spiro atoms. The van der Waals surface area contributed by atoms with E-state index in [4.69, 9.17) is 4.74 Å². The van der Waals surface area contributed by atoms with Gasteiger partial charge in [-0.15, -0.1) is 0 Å². The molecule has 2 heterocycles. The van der Waals surface area contributed by atoms with Crippen LogP contribution in [0.2, 0.25) is 0 Å². The third kappa shape index (κ3) is 3.72. The van der Waals surface area contributed by atoms with E-state index >= 15 is 0 Å². The molecule has 0 aliphatic carbocycles. The molecule has 1 N–H and O–H groups in total. The molecular formula is C15H22N4O3. The van der Waals surface area contributed by atoms with Gasteiger partial charge in [0.05, 0.1) is 23.6 Å². The Morgan fingerprint density at radius 1 is 1.27 bits per heavy atom. The molecule has 0 bridgehead atoms. The highest BCUT2D eigenvalue weighted by atomic mass is 16.6. The Hall–Kier alpha value is -2.18. The average Bonchev–Trinajstić information content (AvgIpc) is 2.48. The van der Waals surface area contributed by atoms with Gasteiger partial charge in [0.2, 0.25) is 0 Å². The number of aryl methyl sites for hydroxylation is 2. The van der Waals surface area contributed by atoms with Crippen molar-refractivity contribution in [2.75, 3.05) is 19.7 Å². The Labute approximate surface area is 130 Å². The van der Waals surface area contributed by atoms with Crippen LogP contribution in [-0.2, 0) is 4.74 Å². The van der Waals surface area contributed by atoms with Gasteiger partial charge in [0.15, 0.2) is 0 Å². The number of carbonyl (C=O) groups excluding carboxylic acids is 2. The minimum atomic E-state index is -0.282. The van der Waals surface area contributed by atoms with E-state index in [0.717, 1.165) is 12.8 Å². The highest BCUT2D eigenvalue weighted by Gasteiger charge is 2.25. The van der Waals surface area contributed by atoms with E-state index in [1.54, 1.807) is 25.7 Å². The number of nitrogens with one attached hydrogen (secondary N) is 1. The van der Waals surface area contributed by atoms with Crippen LogP contribution in [0.5, 0.6) is 0 Å². The summed E-state index contributed by atoms with van der Waals surface area (Å²) < 4.78 is 4.98. The van der Waals surface area contributed by atoms with E-state index in [9.17, 15) is 9.59 Å². The molecule has 1 aromatic rings. The van der Waals surface area contributed by atoms with Crippen LogP contribution in [0.4, 0.5) is 4.79 Å². The number of carbonyl (C=O) groups is 2. The lowest BCUT2D eigenvalue weighted by molar-refractivity contribution is 0.0858. The molecule has 1 aliphatic rings. The van der Waals surface area contributed by atoms with Crippen molar-refractivity contribution in [3.8, 4) is 0 Å². The third-order valence-electron chi connectivity index (χ3n) is 3.81. The molecule has 1 aliphatic heterocycles. The molecule has 7 heteroatoms. The van der Waals surface area contributed by atoms with Gasteiger partial charge >= 0.3 is 6.09 Å². The fourth-order valence-electron chi connectivity index (χ4n) is 2.60. The fourth-order valence-corrected chi connectivity index (χ4v) is 2.60. The first-order valence-corrected chi connectivity index (χ1v) is 7.53. The van der Waals surface area contributed by atoms with Crippen LogP contribution in [0.1, 0.15) is 41.5 Å². The van der Waals surface area contributed by atoms with Crippen LogP contribution in [0, 0.1) is 13.8 Å². The van der Waals surface area contributed by atoms with E-state index in [2.05, 4.69) is 15.3 Å². The van der Waals surface area contributed by atoms with Crippen molar-refractivity contribution >= 4 is 12.0 Å². The Bertz CT molecular complexity index is 533. The lowest BCUT2D eigenvalue weighted by atomic mass is 10.0. The molecule has 120 valence electrons. The number of nitrogens with zero attached hydrogens (tertiary/aromatic N) is 3. The van der Waals surface area contributed by atoms with E-state index in [1.807, 2.05) is 0 Å². The monoisotopic (exact) mass is 306 g/mol. The number of likely N-dealkylation sites (tertiary alicyclic amines) is 1. The zero-order valence-electron chi connectivity index (χ0n) is 13.3. The molecule has 2 amide bonds. The van der Waals surface area contributed by atoms with Crippen LogP contribution < -0.4 is 5.32 Å². The van der Waals surface area contributed by atoms with Crippen LogP contribution in [0.25, 0.3) is 0 Å². The maximum atomic E-state index is 12.4. The summed E-state index contributed by atoms with van der Waals surface area (Å²) in [7, 11) is 0. The van der Waals surface area contributed by atoms with Crippen molar-refractivity contribution in [3.05, 3.63) is 23.3 Å².